The van der Waals surface area contributed by atoms with Crippen LogP contribution in [-0.4, -0.2) is 11.9 Å². The Hall–Kier alpha value is -1.58. The van der Waals surface area contributed by atoms with E-state index in [1.807, 2.05) is 6.92 Å². The Bertz CT molecular complexity index is 443. The van der Waals surface area contributed by atoms with Crippen molar-refractivity contribution in [3.63, 3.8) is 0 Å². The van der Waals surface area contributed by atoms with Crippen LogP contribution >= 0.6 is 0 Å². The molecule has 0 aromatic heterocycles. The SMILES string of the molecule is CCC(CC1CC1)NC(=O)c1ccc(N)cc1F. The van der Waals surface area contributed by atoms with Gasteiger partial charge >= 0.3 is 0 Å². The van der Waals surface area contributed by atoms with Crippen molar-refractivity contribution in [2.75, 3.05) is 5.73 Å². The molecule has 2 rings (SSSR count). The number of hydrogen-bond acceptors (Lipinski definition) is 2. The highest BCUT2D eigenvalue weighted by atomic mass is 19.1. The molecule has 1 saturated carbocycles. The minimum atomic E-state index is -0.561. The molecular weight excluding hydrogens is 231 g/mol. The quantitative estimate of drug-likeness (QED) is 0.789. The number of rotatable bonds is 5. The van der Waals surface area contributed by atoms with Gasteiger partial charge in [0.25, 0.3) is 5.91 Å². The minimum absolute atomic E-state index is 0.0680. The molecule has 18 heavy (non-hydrogen) atoms. The molecule has 0 heterocycles. The Labute approximate surface area is 107 Å². The highest BCUT2D eigenvalue weighted by molar-refractivity contribution is 5.95. The summed E-state index contributed by atoms with van der Waals surface area (Å²) in [6.07, 6.45) is 4.38. The molecule has 1 fully saturated rings. The van der Waals surface area contributed by atoms with Crippen molar-refractivity contribution in [3.8, 4) is 0 Å². The van der Waals surface area contributed by atoms with Gasteiger partial charge in [-0.25, -0.2) is 4.39 Å². The van der Waals surface area contributed by atoms with Crippen LogP contribution in [0.2, 0.25) is 0 Å². The zero-order valence-electron chi connectivity index (χ0n) is 10.6. The summed E-state index contributed by atoms with van der Waals surface area (Å²) in [5.41, 5.74) is 5.85. The van der Waals surface area contributed by atoms with Gasteiger partial charge in [-0.15, -0.1) is 0 Å². The van der Waals surface area contributed by atoms with E-state index in [1.54, 1.807) is 6.07 Å². The van der Waals surface area contributed by atoms with Crippen LogP contribution in [0.3, 0.4) is 0 Å². The van der Waals surface area contributed by atoms with E-state index in [9.17, 15) is 9.18 Å². The fourth-order valence-electron chi connectivity index (χ4n) is 2.06. The number of hydrogen-bond donors (Lipinski definition) is 2. The molecule has 0 spiro atoms. The van der Waals surface area contributed by atoms with Crippen molar-refractivity contribution >= 4 is 11.6 Å². The largest absolute Gasteiger partial charge is 0.399 e. The molecule has 98 valence electrons. The zero-order valence-corrected chi connectivity index (χ0v) is 10.6. The maximum Gasteiger partial charge on any atom is 0.254 e. The van der Waals surface area contributed by atoms with Gasteiger partial charge in [0.1, 0.15) is 5.82 Å². The van der Waals surface area contributed by atoms with E-state index < -0.39 is 5.82 Å². The normalized spacial score (nSPS) is 16.3. The third kappa shape index (κ3) is 3.22. The molecule has 0 aliphatic heterocycles. The monoisotopic (exact) mass is 250 g/mol. The molecule has 1 aromatic rings. The fourth-order valence-corrected chi connectivity index (χ4v) is 2.06. The summed E-state index contributed by atoms with van der Waals surface area (Å²) in [4.78, 5) is 12.0. The first kappa shape index (κ1) is 12.9. The van der Waals surface area contributed by atoms with Crippen molar-refractivity contribution in [2.24, 2.45) is 5.92 Å². The van der Waals surface area contributed by atoms with E-state index in [0.717, 1.165) is 18.8 Å². The standard InChI is InChI=1S/C14H19FN2O/c1-2-11(7-9-3-4-9)17-14(18)12-6-5-10(16)8-13(12)15/h5-6,8-9,11H,2-4,7,16H2,1H3,(H,17,18). The maximum absolute atomic E-state index is 13.6. The molecule has 3 N–H and O–H groups in total. The predicted molar refractivity (Wildman–Crippen MR) is 69.7 cm³/mol. The number of benzene rings is 1. The Kier molecular flexibility index (Phi) is 3.84. The number of carbonyl (C=O) groups excluding carboxylic acids is 1. The molecule has 0 bridgehead atoms. The second-order valence-corrected chi connectivity index (χ2v) is 5.00. The lowest BCUT2D eigenvalue weighted by molar-refractivity contribution is 0.0928. The second kappa shape index (κ2) is 5.38. The Balaban J connectivity index is 2.00. The van der Waals surface area contributed by atoms with Crippen molar-refractivity contribution in [2.45, 2.75) is 38.6 Å². The van der Waals surface area contributed by atoms with E-state index in [4.69, 9.17) is 5.73 Å². The number of halogens is 1. The lowest BCUT2D eigenvalue weighted by Crippen LogP contribution is -2.35. The van der Waals surface area contributed by atoms with Gasteiger partial charge < -0.3 is 11.1 Å². The van der Waals surface area contributed by atoms with Gasteiger partial charge in [0, 0.05) is 11.7 Å². The van der Waals surface area contributed by atoms with Crippen LogP contribution in [0, 0.1) is 11.7 Å². The van der Waals surface area contributed by atoms with E-state index in [1.165, 1.54) is 25.0 Å². The summed E-state index contributed by atoms with van der Waals surface area (Å²) in [7, 11) is 0. The van der Waals surface area contributed by atoms with Crippen LogP contribution in [-0.2, 0) is 0 Å². The van der Waals surface area contributed by atoms with Gasteiger partial charge in [0.05, 0.1) is 5.56 Å². The van der Waals surface area contributed by atoms with Crippen molar-refractivity contribution in [3.05, 3.63) is 29.6 Å². The number of nitrogens with two attached hydrogens (primary N) is 1. The van der Waals surface area contributed by atoms with Gasteiger partial charge in [-0.3, -0.25) is 4.79 Å². The highest BCUT2D eigenvalue weighted by Crippen LogP contribution is 2.34. The number of carbonyl (C=O) groups is 1. The molecule has 0 radical (unpaired) electrons. The molecule has 0 saturated heterocycles. The molecule has 1 aliphatic rings. The van der Waals surface area contributed by atoms with E-state index in [-0.39, 0.29) is 17.5 Å². The van der Waals surface area contributed by atoms with Crippen LogP contribution in [0.4, 0.5) is 10.1 Å². The summed E-state index contributed by atoms with van der Waals surface area (Å²) >= 11 is 0. The number of nitrogens with one attached hydrogen (secondary N) is 1. The first-order chi connectivity index (χ1) is 8.60. The number of amides is 1. The minimum Gasteiger partial charge on any atom is -0.399 e. The van der Waals surface area contributed by atoms with Gasteiger partial charge in [0.2, 0.25) is 0 Å². The number of nitrogen functional groups attached to an aromatic ring is 1. The molecule has 4 heteroatoms. The Morgan fingerprint density at radius 1 is 1.56 bits per heavy atom. The lowest BCUT2D eigenvalue weighted by Gasteiger charge is -2.17. The highest BCUT2D eigenvalue weighted by Gasteiger charge is 2.26. The third-order valence-electron chi connectivity index (χ3n) is 3.38. The molecule has 1 aliphatic carbocycles. The first-order valence-electron chi connectivity index (χ1n) is 6.46. The van der Waals surface area contributed by atoms with E-state index in [0.29, 0.717) is 5.69 Å². The topological polar surface area (TPSA) is 55.1 Å². The Morgan fingerprint density at radius 3 is 2.83 bits per heavy atom. The van der Waals surface area contributed by atoms with E-state index in [2.05, 4.69) is 5.32 Å². The fraction of sp³-hybridized carbons (Fsp3) is 0.500. The summed E-state index contributed by atoms with van der Waals surface area (Å²) < 4.78 is 13.6. The van der Waals surface area contributed by atoms with Gasteiger partial charge in [-0.1, -0.05) is 19.8 Å². The van der Waals surface area contributed by atoms with Crippen LogP contribution < -0.4 is 11.1 Å². The Morgan fingerprint density at radius 2 is 2.28 bits per heavy atom. The van der Waals surface area contributed by atoms with Gasteiger partial charge in [-0.2, -0.15) is 0 Å². The van der Waals surface area contributed by atoms with Crippen molar-refractivity contribution in [1.29, 1.82) is 0 Å². The summed E-state index contributed by atoms with van der Waals surface area (Å²) in [5, 5.41) is 2.89. The van der Waals surface area contributed by atoms with Crippen LogP contribution in [0.25, 0.3) is 0 Å². The summed E-state index contributed by atoms with van der Waals surface area (Å²) in [6.45, 7) is 2.03. The first-order valence-corrected chi connectivity index (χ1v) is 6.46. The smallest absolute Gasteiger partial charge is 0.254 e. The van der Waals surface area contributed by atoms with E-state index >= 15 is 0 Å². The average molecular weight is 250 g/mol. The van der Waals surface area contributed by atoms with Crippen LogP contribution in [0.1, 0.15) is 43.0 Å². The van der Waals surface area contributed by atoms with Crippen LogP contribution in [0.5, 0.6) is 0 Å². The van der Waals surface area contributed by atoms with Crippen LogP contribution in [0.15, 0.2) is 18.2 Å². The number of anilines is 1. The molecule has 3 nitrogen and oxygen atoms in total. The van der Waals surface area contributed by atoms with Crippen molar-refractivity contribution in [1.82, 2.24) is 5.32 Å². The van der Waals surface area contributed by atoms with Gasteiger partial charge in [0.15, 0.2) is 0 Å². The third-order valence-corrected chi connectivity index (χ3v) is 3.38. The molecular formula is C14H19FN2O. The summed E-state index contributed by atoms with van der Waals surface area (Å²) in [6, 6.07) is 4.29. The molecule has 1 atom stereocenters. The molecule has 1 amide bonds. The molecule has 1 aromatic carbocycles. The zero-order chi connectivity index (χ0) is 13.1. The predicted octanol–water partition coefficient (Wildman–Crippen LogP) is 2.72. The second-order valence-electron chi connectivity index (χ2n) is 5.00. The van der Waals surface area contributed by atoms with Crippen molar-refractivity contribution < 1.29 is 9.18 Å². The molecule has 1 unspecified atom stereocenters. The van der Waals surface area contributed by atoms with Gasteiger partial charge in [-0.05, 0) is 37.0 Å². The maximum atomic E-state index is 13.6. The lowest BCUT2D eigenvalue weighted by atomic mass is 10.1. The average Bonchev–Trinajstić information content (AvgIpc) is 3.11. The summed E-state index contributed by atoms with van der Waals surface area (Å²) in [5.74, 6) is -0.166.